The maximum absolute atomic E-state index is 11.0. The minimum absolute atomic E-state index is 0.287. The van der Waals surface area contributed by atoms with E-state index in [1.165, 1.54) is 128 Å². The number of hydrogen-bond donors (Lipinski definition) is 1. The SMILES string of the molecule is CCCCCCCCCCCCN(CCCCCCCCCCCC)CCC(=O)O. The van der Waals surface area contributed by atoms with E-state index in [0.717, 1.165) is 19.6 Å². The van der Waals surface area contributed by atoms with Gasteiger partial charge in [0.15, 0.2) is 0 Å². The first-order chi connectivity index (χ1) is 14.7. The zero-order valence-electron chi connectivity index (χ0n) is 20.8. The lowest BCUT2D eigenvalue weighted by atomic mass is 10.1. The van der Waals surface area contributed by atoms with E-state index in [1.807, 2.05) is 0 Å². The molecule has 180 valence electrons. The first kappa shape index (κ1) is 29.4. The van der Waals surface area contributed by atoms with Gasteiger partial charge in [0.05, 0.1) is 6.42 Å². The normalized spacial score (nSPS) is 11.4. The fourth-order valence-electron chi connectivity index (χ4n) is 4.23. The van der Waals surface area contributed by atoms with Crippen LogP contribution in [0.25, 0.3) is 0 Å². The van der Waals surface area contributed by atoms with Crippen molar-refractivity contribution < 1.29 is 9.90 Å². The predicted octanol–water partition coefficient (Wildman–Crippen LogP) is 8.60. The van der Waals surface area contributed by atoms with Gasteiger partial charge in [-0.15, -0.1) is 0 Å². The fourth-order valence-corrected chi connectivity index (χ4v) is 4.23. The van der Waals surface area contributed by atoms with Gasteiger partial charge in [0, 0.05) is 6.54 Å². The zero-order valence-corrected chi connectivity index (χ0v) is 20.8. The molecule has 0 saturated carbocycles. The van der Waals surface area contributed by atoms with Crippen molar-refractivity contribution in [1.29, 1.82) is 0 Å². The number of aliphatic carboxylic acids is 1. The minimum atomic E-state index is -0.661. The maximum atomic E-state index is 11.0. The molecule has 0 saturated heterocycles. The molecule has 0 fully saturated rings. The van der Waals surface area contributed by atoms with Crippen molar-refractivity contribution >= 4 is 5.97 Å². The van der Waals surface area contributed by atoms with Gasteiger partial charge in [-0.05, 0) is 25.9 Å². The molecule has 0 aliphatic carbocycles. The van der Waals surface area contributed by atoms with Crippen LogP contribution in [0.2, 0.25) is 0 Å². The molecule has 0 amide bonds. The highest BCUT2D eigenvalue weighted by Crippen LogP contribution is 2.13. The Bertz CT molecular complexity index is 322. The first-order valence-corrected chi connectivity index (χ1v) is 13.6. The molecular formula is C27H55NO2. The standard InChI is InChI=1S/C27H55NO2/c1-3-5-7-9-11-13-15-17-19-21-24-28(26-23-27(29)30)25-22-20-18-16-14-12-10-8-6-4-2/h3-26H2,1-2H3,(H,29,30). The molecule has 3 heteroatoms. The number of hydrogen-bond acceptors (Lipinski definition) is 2. The number of unbranched alkanes of at least 4 members (excludes halogenated alkanes) is 18. The quantitative estimate of drug-likeness (QED) is 0.149. The average molecular weight is 426 g/mol. The predicted molar refractivity (Wildman–Crippen MR) is 132 cm³/mol. The van der Waals surface area contributed by atoms with E-state index >= 15 is 0 Å². The number of rotatable bonds is 25. The third-order valence-electron chi connectivity index (χ3n) is 6.30. The largest absolute Gasteiger partial charge is 0.481 e. The van der Waals surface area contributed by atoms with Gasteiger partial charge < -0.3 is 10.0 Å². The Labute approximate surface area is 189 Å². The molecule has 0 aromatic rings. The first-order valence-electron chi connectivity index (χ1n) is 13.6. The van der Waals surface area contributed by atoms with Crippen LogP contribution < -0.4 is 0 Å². The van der Waals surface area contributed by atoms with Gasteiger partial charge in [0.1, 0.15) is 0 Å². The van der Waals surface area contributed by atoms with Crippen LogP contribution >= 0.6 is 0 Å². The summed E-state index contributed by atoms with van der Waals surface area (Å²) in [7, 11) is 0. The van der Waals surface area contributed by atoms with Crippen LogP contribution in [0.3, 0.4) is 0 Å². The van der Waals surface area contributed by atoms with Crippen molar-refractivity contribution in [2.24, 2.45) is 0 Å². The lowest BCUT2D eigenvalue weighted by Gasteiger charge is -2.21. The van der Waals surface area contributed by atoms with Gasteiger partial charge >= 0.3 is 5.97 Å². The highest BCUT2D eigenvalue weighted by Gasteiger charge is 2.07. The lowest BCUT2D eigenvalue weighted by molar-refractivity contribution is -0.137. The summed E-state index contributed by atoms with van der Waals surface area (Å²) in [4.78, 5) is 13.4. The molecule has 0 bridgehead atoms. The van der Waals surface area contributed by atoms with Gasteiger partial charge in [-0.1, -0.05) is 129 Å². The average Bonchev–Trinajstić information content (AvgIpc) is 2.73. The van der Waals surface area contributed by atoms with E-state index in [4.69, 9.17) is 5.11 Å². The molecule has 0 aromatic heterocycles. The smallest absolute Gasteiger partial charge is 0.304 e. The van der Waals surface area contributed by atoms with E-state index in [0.29, 0.717) is 0 Å². The van der Waals surface area contributed by atoms with Gasteiger partial charge in [0.25, 0.3) is 0 Å². The Morgan fingerprint density at radius 1 is 0.500 bits per heavy atom. The van der Waals surface area contributed by atoms with Crippen LogP contribution in [0.4, 0.5) is 0 Å². The molecule has 1 N–H and O–H groups in total. The van der Waals surface area contributed by atoms with Crippen molar-refractivity contribution in [3.63, 3.8) is 0 Å². The third-order valence-corrected chi connectivity index (χ3v) is 6.30. The molecule has 0 aliphatic rings. The Balaban J connectivity index is 3.65. The summed E-state index contributed by atoms with van der Waals surface area (Å²) >= 11 is 0. The van der Waals surface area contributed by atoms with E-state index in [2.05, 4.69) is 18.7 Å². The molecule has 0 rings (SSSR count). The van der Waals surface area contributed by atoms with Crippen molar-refractivity contribution in [2.45, 2.75) is 149 Å². The summed E-state index contributed by atoms with van der Waals surface area (Å²) in [6.45, 7) is 7.44. The molecule has 0 radical (unpaired) electrons. The number of nitrogens with zero attached hydrogens (tertiary/aromatic N) is 1. The minimum Gasteiger partial charge on any atom is -0.481 e. The van der Waals surface area contributed by atoms with Crippen molar-refractivity contribution in [3.05, 3.63) is 0 Å². The van der Waals surface area contributed by atoms with Crippen LogP contribution in [-0.2, 0) is 4.79 Å². The summed E-state index contributed by atoms with van der Waals surface area (Å²) < 4.78 is 0. The second-order valence-corrected chi connectivity index (χ2v) is 9.35. The summed E-state index contributed by atoms with van der Waals surface area (Å²) in [5.74, 6) is -0.661. The van der Waals surface area contributed by atoms with Crippen LogP contribution in [0.15, 0.2) is 0 Å². The Morgan fingerprint density at radius 3 is 1.10 bits per heavy atom. The van der Waals surface area contributed by atoms with Crippen LogP contribution in [-0.4, -0.2) is 35.6 Å². The van der Waals surface area contributed by atoms with Crippen molar-refractivity contribution in [1.82, 2.24) is 4.90 Å². The Kier molecular flexibility index (Phi) is 24.2. The Morgan fingerprint density at radius 2 is 0.800 bits per heavy atom. The van der Waals surface area contributed by atoms with Gasteiger partial charge in [-0.2, -0.15) is 0 Å². The van der Waals surface area contributed by atoms with E-state index in [-0.39, 0.29) is 6.42 Å². The van der Waals surface area contributed by atoms with Gasteiger partial charge in [-0.3, -0.25) is 4.79 Å². The molecule has 30 heavy (non-hydrogen) atoms. The zero-order chi connectivity index (χ0) is 22.1. The van der Waals surface area contributed by atoms with E-state index < -0.39 is 5.97 Å². The molecule has 0 unspecified atom stereocenters. The number of carboxylic acids is 1. The molecule has 0 aliphatic heterocycles. The Hall–Kier alpha value is -0.570. The summed E-state index contributed by atoms with van der Waals surface area (Å²) in [6.07, 6.45) is 27.5. The summed E-state index contributed by atoms with van der Waals surface area (Å²) in [5, 5.41) is 9.03. The van der Waals surface area contributed by atoms with Crippen molar-refractivity contribution in [3.8, 4) is 0 Å². The molecular weight excluding hydrogens is 370 g/mol. The van der Waals surface area contributed by atoms with Crippen LogP contribution in [0.1, 0.15) is 149 Å². The van der Waals surface area contributed by atoms with Crippen molar-refractivity contribution in [2.75, 3.05) is 19.6 Å². The fraction of sp³-hybridized carbons (Fsp3) is 0.963. The molecule has 0 heterocycles. The van der Waals surface area contributed by atoms with Gasteiger partial charge in [-0.25, -0.2) is 0 Å². The third kappa shape index (κ3) is 23.7. The molecule has 3 nitrogen and oxygen atoms in total. The highest BCUT2D eigenvalue weighted by atomic mass is 16.4. The lowest BCUT2D eigenvalue weighted by Crippen LogP contribution is -2.28. The molecule has 0 spiro atoms. The monoisotopic (exact) mass is 425 g/mol. The topological polar surface area (TPSA) is 40.5 Å². The molecule has 0 atom stereocenters. The summed E-state index contributed by atoms with van der Waals surface area (Å²) in [6, 6.07) is 0. The van der Waals surface area contributed by atoms with E-state index in [1.54, 1.807) is 0 Å². The van der Waals surface area contributed by atoms with Gasteiger partial charge in [0.2, 0.25) is 0 Å². The molecule has 0 aromatic carbocycles. The number of carbonyl (C=O) groups is 1. The second-order valence-electron chi connectivity index (χ2n) is 9.35. The second kappa shape index (κ2) is 24.7. The maximum Gasteiger partial charge on any atom is 0.304 e. The van der Waals surface area contributed by atoms with E-state index in [9.17, 15) is 4.79 Å². The number of carboxylic acid groups (broad SMARTS) is 1. The summed E-state index contributed by atoms with van der Waals surface area (Å²) in [5.41, 5.74) is 0. The highest BCUT2D eigenvalue weighted by molar-refractivity contribution is 5.66. The van der Waals surface area contributed by atoms with Crippen LogP contribution in [0.5, 0.6) is 0 Å². The van der Waals surface area contributed by atoms with Crippen LogP contribution in [0, 0.1) is 0 Å².